The largest absolute Gasteiger partial charge is 0.466 e. The molecule has 0 aromatic rings. The van der Waals surface area contributed by atoms with E-state index >= 15 is 0 Å². The summed E-state index contributed by atoms with van der Waals surface area (Å²) in [7, 11) is 0. The van der Waals surface area contributed by atoms with Crippen molar-refractivity contribution in [3.8, 4) is 0 Å². The van der Waals surface area contributed by atoms with E-state index in [1.807, 2.05) is 6.92 Å². The molecule has 1 saturated carbocycles. The van der Waals surface area contributed by atoms with E-state index in [1.54, 1.807) is 0 Å². The number of hydrogen-bond donors (Lipinski definition) is 1. The quantitative estimate of drug-likeness (QED) is 0.577. The highest BCUT2D eigenvalue weighted by Crippen LogP contribution is 2.39. The molecule has 0 aromatic carbocycles. The second-order valence-corrected chi connectivity index (χ2v) is 4.41. The van der Waals surface area contributed by atoms with Gasteiger partial charge < -0.3 is 4.74 Å². The molecule has 1 rings (SSSR count). The number of carbonyl (C=O) groups is 1. The molecule has 0 amide bonds. The Morgan fingerprint density at radius 2 is 2.14 bits per heavy atom. The summed E-state index contributed by atoms with van der Waals surface area (Å²) >= 11 is 4.30. The maximum atomic E-state index is 11.6. The van der Waals surface area contributed by atoms with Crippen LogP contribution in [0.2, 0.25) is 0 Å². The van der Waals surface area contributed by atoms with Gasteiger partial charge in [-0.25, -0.2) is 0 Å². The van der Waals surface area contributed by atoms with E-state index in [0.29, 0.717) is 18.4 Å². The van der Waals surface area contributed by atoms with Crippen LogP contribution in [0.1, 0.15) is 33.1 Å². The van der Waals surface area contributed by atoms with E-state index in [9.17, 15) is 4.79 Å². The van der Waals surface area contributed by atoms with Crippen LogP contribution < -0.4 is 0 Å². The van der Waals surface area contributed by atoms with Gasteiger partial charge in [0.15, 0.2) is 0 Å². The predicted molar refractivity (Wildman–Crippen MR) is 60.5 cm³/mol. The van der Waals surface area contributed by atoms with Crippen molar-refractivity contribution in [3.63, 3.8) is 0 Å². The fourth-order valence-corrected chi connectivity index (χ4v) is 2.68. The molecule has 3 atom stereocenters. The van der Waals surface area contributed by atoms with Gasteiger partial charge in [0.25, 0.3) is 0 Å². The number of rotatable bonds is 4. The molecule has 0 spiro atoms. The van der Waals surface area contributed by atoms with Crippen LogP contribution in [-0.4, -0.2) is 18.3 Å². The summed E-state index contributed by atoms with van der Waals surface area (Å²) in [5.41, 5.74) is 0. The van der Waals surface area contributed by atoms with Crippen molar-refractivity contribution >= 4 is 18.6 Å². The summed E-state index contributed by atoms with van der Waals surface area (Å²) in [6.07, 6.45) is 3.19. The second kappa shape index (κ2) is 5.64. The van der Waals surface area contributed by atoms with Crippen molar-refractivity contribution in [1.82, 2.24) is 0 Å². The van der Waals surface area contributed by atoms with Crippen molar-refractivity contribution in [2.24, 2.45) is 17.8 Å². The molecule has 0 bridgehead atoms. The highest BCUT2D eigenvalue weighted by atomic mass is 32.1. The lowest BCUT2D eigenvalue weighted by Gasteiger charge is -2.15. The summed E-state index contributed by atoms with van der Waals surface area (Å²) in [4.78, 5) is 11.6. The number of carbonyl (C=O) groups excluding carboxylic acids is 1. The summed E-state index contributed by atoms with van der Waals surface area (Å²) in [6, 6.07) is 0. The summed E-state index contributed by atoms with van der Waals surface area (Å²) in [5.74, 6) is 2.16. The van der Waals surface area contributed by atoms with E-state index in [1.165, 1.54) is 0 Å². The van der Waals surface area contributed by atoms with Gasteiger partial charge in [-0.2, -0.15) is 12.6 Å². The molecule has 1 fully saturated rings. The lowest BCUT2D eigenvalue weighted by Crippen LogP contribution is -2.21. The van der Waals surface area contributed by atoms with Gasteiger partial charge in [-0.3, -0.25) is 4.79 Å². The second-order valence-electron chi connectivity index (χ2n) is 4.05. The number of esters is 1. The summed E-state index contributed by atoms with van der Waals surface area (Å²) in [5, 5.41) is 0. The molecule has 0 radical (unpaired) electrons. The molecule has 1 aliphatic rings. The van der Waals surface area contributed by atoms with E-state index in [2.05, 4.69) is 19.6 Å². The standard InChI is InChI=1S/C11H20O2S/c1-3-9-5-8(7-14)6-10(9)11(12)13-4-2/h8-10,14H,3-7H2,1-2H3. The topological polar surface area (TPSA) is 26.3 Å². The van der Waals surface area contributed by atoms with Gasteiger partial charge in [-0.05, 0) is 37.4 Å². The first-order valence-electron chi connectivity index (χ1n) is 5.50. The SMILES string of the molecule is CCOC(=O)C1CC(CS)CC1CC. The van der Waals surface area contributed by atoms with Crippen LogP contribution in [0, 0.1) is 17.8 Å². The minimum atomic E-state index is 0.00336. The third-order valence-corrected chi connectivity index (χ3v) is 3.68. The fraction of sp³-hybridized carbons (Fsp3) is 0.909. The molecular weight excluding hydrogens is 196 g/mol. The lowest BCUT2D eigenvalue weighted by atomic mass is 9.94. The lowest BCUT2D eigenvalue weighted by molar-refractivity contribution is -0.149. The average molecular weight is 216 g/mol. The summed E-state index contributed by atoms with van der Waals surface area (Å²) < 4.78 is 5.09. The smallest absolute Gasteiger partial charge is 0.309 e. The van der Waals surface area contributed by atoms with Gasteiger partial charge in [0.05, 0.1) is 12.5 Å². The van der Waals surface area contributed by atoms with Crippen molar-refractivity contribution in [1.29, 1.82) is 0 Å². The van der Waals surface area contributed by atoms with Gasteiger partial charge in [0.2, 0.25) is 0 Å². The Labute approximate surface area is 91.8 Å². The highest BCUT2D eigenvalue weighted by Gasteiger charge is 2.37. The highest BCUT2D eigenvalue weighted by molar-refractivity contribution is 7.80. The minimum absolute atomic E-state index is 0.00336. The first-order valence-corrected chi connectivity index (χ1v) is 6.13. The number of thiol groups is 1. The molecule has 3 unspecified atom stereocenters. The Kier molecular flexibility index (Phi) is 4.79. The molecule has 0 heterocycles. The first-order chi connectivity index (χ1) is 6.72. The van der Waals surface area contributed by atoms with Gasteiger partial charge in [0, 0.05) is 0 Å². The normalized spacial score (nSPS) is 31.8. The first kappa shape index (κ1) is 11.9. The molecule has 2 nitrogen and oxygen atoms in total. The predicted octanol–water partition coefficient (Wildman–Crippen LogP) is 2.53. The monoisotopic (exact) mass is 216 g/mol. The van der Waals surface area contributed by atoms with E-state index in [4.69, 9.17) is 4.74 Å². The molecule has 14 heavy (non-hydrogen) atoms. The van der Waals surface area contributed by atoms with Crippen molar-refractivity contribution in [3.05, 3.63) is 0 Å². The van der Waals surface area contributed by atoms with Crippen LogP contribution in [0.15, 0.2) is 0 Å². The maximum absolute atomic E-state index is 11.6. The Balaban J connectivity index is 2.54. The molecule has 0 N–H and O–H groups in total. The van der Waals surface area contributed by atoms with E-state index < -0.39 is 0 Å². The van der Waals surface area contributed by atoms with E-state index in [-0.39, 0.29) is 11.9 Å². The van der Waals surface area contributed by atoms with E-state index in [0.717, 1.165) is 25.0 Å². The molecule has 82 valence electrons. The Hall–Kier alpha value is -0.180. The van der Waals surface area contributed by atoms with Gasteiger partial charge in [-0.1, -0.05) is 13.3 Å². The number of hydrogen-bond acceptors (Lipinski definition) is 3. The molecule has 1 aliphatic carbocycles. The zero-order valence-corrected chi connectivity index (χ0v) is 9.93. The third-order valence-electron chi connectivity index (χ3n) is 3.16. The fourth-order valence-electron chi connectivity index (χ4n) is 2.38. The van der Waals surface area contributed by atoms with Gasteiger partial charge >= 0.3 is 5.97 Å². The van der Waals surface area contributed by atoms with Crippen molar-refractivity contribution in [2.45, 2.75) is 33.1 Å². The summed E-state index contributed by atoms with van der Waals surface area (Å²) in [6.45, 7) is 4.51. The average Bonchev–Trinajstić information content (AvgIpc) is 2.61. The van der Waals surface area contributed by atoms with Crippen LogP contribution in [0.25, 0.3) is 0 Å². The number of ether oxygens (including phenoxy) is 1. The van der Waals surface area contributed by atoms with Crippen molar-refractivity contribution in [2.75, 3.05) is 12.4 Å². The molecule has 0 saturated heterocycles. The van der Waals surface area contributed by atoms with Crippen LogP contribution in [-0.2, 0) is 9.53 Å². The Bertz CT molecular complexity index is 194. The van der Waals surface area contributed by atoms with Gasteiger partial charge in [-0.15, -0.1) is 0 Å². The zero-order chi connectivity index (χ0) is 10.6. The third kappa shape index (κ3) is 2.66. The molecule has 3 heteroatoms. The van der Waals surface area contributed by atoms with Crippen LogP contribution in [0.4, 0.5) is 0 Å². The molecular formula is C11H20O2S. The zero-order valence-electron chi connectivity index (χ0n) is 9.03. The van der Waals surface area contributed by atoms with Gasteiger partial charge in [0.1, 0.15) is 0 Å². The van der Waals surface area contributed by atoms with Crippen LogP contribution in [0.3, 0.4) is 0 Å². The Morgan fingerprint density at radius 1 is 1.43 bits per heavy atom. The maximum Gasteiger partial charge on any atom is 0.309 e. The minimum Gasteiger partial charge on any atom is -0.466 e. The Morgan fingerprint density at radius 3 is 2.64 bits per heavy atom. The van der Waals surface area contributed by atoms with Crippen molar-refractivity contribution < 1.29 is 9.53 Å². The van der Waals surface area contributed by atoms with Crippen LogP contribution >= 0.6 is 12.6 Å². The molecule has 0 aliphatic heterocycles. The van der Waals surface area contributed by atoms with Crippen LogP contribution in [0.5, 0.6) is 0 Å². The molecule has 0 aromatic heterocycles.